The number of nitro groups is 1. The molecule has 0 aliphatic carbocycles. The molecule has 19 heavy (non-hydrogen) atoms. The molecule has 1 atom stereocenters. The molecular weight excluding hydrogens is 250 g/mol. The number of carbonyl (C=O) groups excluding carboxylic acids is 1. The van der Waals surface area contributed by atoms with Gasteiger partial charge in [-0.05, 0) is 25.5 Å². The lowest BCUT2D eigenvalue weighted by Gasteiger charge is -2.15. The van der Waals surface area contributed by atoms with E-state index >= 15 is 0 Å². The number of nitrogens with two attached hydrogens (primary N) is 1. The Balaban J connectivity index is 3.00. The van der Waals surface area contributed by atoms with Crippen LogP contribution in [-0.2, 0) is 9.53 Å². The number of rotatable bonds is 5. The van der Waals surface area contributed by atoms with Gasteiger partial charge in [-0.2, -0.15) is 0 Å². The third kappa shape index (κ3) is 3.49. The first-order valence-electron chi connectivity index (χ1n) is 5.70. The number of amides is 1. The van der Waals surface area contributed by atoms with E-state index in [9.17, 15) is 14.9 Å². The Labute approximate surface area is 110 Å². The smallest absolute Gasteiger partial charge is 0.272 e. The Morgan fingerprint density at radius 2 is 2.11 bits per heavy atom. The summed E-state index contributed by atoms with van der Waals surface area (Å²) in [5, 5.41) is 13.4. The van der Waals surface area contributed by atoms with Crippen LogP contribution in [0.1, 0.15) is 11.1 Å². The molecule has 1 rings (SSSR count). The molecule has 104 valence electrons. The van der Waals surface area contributed by atoms with Crippen molar-refractivity contribution in [2.45, 2.75) is 20.0 Å². The van der Waals surface area contributed by atoms with Crippen LogP contribution in [0.2, 0.25) is 0 Å². The van der Waals surface area contributed by atoms with Gasteiger partial charge in [0, 0.05) is 31.0 Å². The van der Waals surface area contributed by atoms with E-state index in [4.69, 9.17) is 10.5 Å². The summed E-state index contributed by atoms with van der Waals surface area (Å²) in [5.41, 5.74) is 7.03. The summed E-state index contributed by atoms with van der Waals surface area (Å²) in [5.74, 6) is -0.374. The number of aryl methyl sites for hydroxylation is 2. The fourth-order valence-corrected chi connectivity index (χ4v) is 1.66. The molecule has 0 fully saturated rings. The number of nitro benzene ring substituents is 1. The average molecular weight is 267 g/mol. The summed E-state index contributed by atoms with van der Waals surface area (Å²) in [6.45, 7) is 3.36. The number of methoxy groups -OCH3 is 1. The van der Waals surface area contributed by atoms with Gasteiger partial charge < -0.3 is 15.8 Å². The lowest BCUT2D eigenvalue weighted by molar-refractivity contribution is -0.385. The van der Waals surface area contributed by atoms with Crippen LogP contribution in [0.15, 0.2) is 12.1 Å². The first kappa shape index (κ1) is 15.1. The van der Waals surface area contributed by atoms with Crippen molar-refractivity contribution in [2.75, 3.05) is 19.0 Å². The molecule has 0 aromatic heterocycles. The Morgan fingerprint density at radius 1 is 1.47 bits per heavy atom. The normalized spacial score (nSPS) is 12.0. The van der Waals surface area contributed by atoms with Crippen molar-refractivity contribution in [3.63, 3.8) is 0 Å². The minimum atomic E-state index is -0.741. The Bertz CT molecular complexity index is 498. The van der Waals surface area contributed by atoms with Crippen molar-refractivity contribution < 1.29 is 14.5 Å². The van der Waals surface area contributed by atoms with Crippen LogP contribution in [0.3, 0.4) is 0 Å². The van der Waals surface area contributed by atoms with E-state index < -0.39 is 11.0 Å². The minimum absolute atomic E-state index is 0.0256. The molecule has 1 aromatic rings. The van der Waals surface area contributed by atoms with E-state index in [1.54, 1.807) is 19.9 Å². The van der Waals surface area contributed by atoms with Gasteiger partial charge in [0.25, 0.3) is 11.6 Å². The molecule has 0 aliphatic rings. The molecule has 0 radical (unpaired) electrons. The van der Waals surface area contributed by atoms with Crippen LogP contribution in [0, 0.1) is 24.0 Å². The van der Waals surface area contributed by atoms with Crippen LogP contribution in [-0.4, -0.2) is 30.6 Å². The van der Waals surface area contributed by atoms with Crippen LogP contribution >= 0.6 is 0 Å². The van der Waals surface area contributed by atoms with Gasteiger partial charge in [-0.25, -0.2) is 0 Å². The highest BCUT2D eigenvalue weighted by atomic mass is 16.6. The van der Waals surface area contributed by atoms with Crippen LogP contribution in [0.25, 0.3) is 0 Å². The number of anilines is 1. The topological polar surface area (TPSA) is 107 Å². The molecule has 0 aliphatic heterocycles. The molecular formula is C12H17N3O4. The Hall–Kier alpha value is -1.99. The van der Waals surface area contributed by atoms with Gasteiger partial charge in [0.1, 0.15) is 6.10 Å². The van der Waals surface area contributed by atoms with Crippen molar-refractivity contribution in [3.05, 3.63) is 33.4 Å². The minimum Gasteiger partial charge on any atom is -0.370 e. The maximum absolute atomic E-state index is 11.8. The molecule has 0 saturated heterocycles. The van der Waals surface area contributed by atoms with Gasteiger partial charge in [0.05, 0.1) is 4.92 Å². The van der Waals surface area contributed by atoms with Crippen molar-refractivity contribution in [3.8, 4) is 0 Å². The quantitative estimate of drug-likeness (QED) is 0.614. The fourth-order valence-electron chi connectivity index (χ4n) is 1.66. The summed E-state index contributed by atoms with van der Waals surface area (Å²) in [7, 11) is 1.39. The standard InChI is InChI=1S/C12H17N3O4/c1-7-5-10(15(17)18)8(2)4-9(7)14-12(16)11(6-13)19-3/h4-5,11H,6,13H2,1-3H3,(H,14,16). The van der Waals surface area contributed by atoms with Crippen molar-refractivity contribution in [2.24, 2.45) is 5.73 Å². The van der Waals surface area contributed by atoms with Gasteiger partial charge in [-0.15, -0.1) is 0 Å². The molecule has 0 bridgehead atoms. The third-order valence-corrected chi connectivity index (χ3v) is 2.79. The van der Waals surface area contributed by atoms with Gasteiger partial charge in [0.15, 0.2) is 0 Å². The third-order valence-electron chi connectivity index (χ3n) is 2.79. The van der Waals surface area contributed by atoms with E-state index in [1.807, 2.05) is 0 Å². The monoisotopic (exact) mass is 267 g/mol. The summed E-state index contributed by atoms with van der Waals surface area (Å²) in [6.07, 6.45) is -0.741. The molecule has 7 nitrogen and oxygen atoms in total. The first-order chi connectivity index (χ1) is 8.90. The van der Waals surface area contributed by atoms with Crippen molar-refractivity contribution in [1.82, 2.24) is 0 Å². The number of ether oxygens (including phenoxy) is 1. The molecule has 0 saturated carbocycles. The number of carbonyl (C=O) groups is 1. The molecule has 0 heterocycles. The zero-order chi connectivity index (χ0) is 14.6. The maximum atomic E-state index is 11.8. The average Bonchev–Trinajstić information content (AvgIpc) is 2.34. The van der Waals surface area contributed by atoms with Gasteiger partial charge in [0.2, 0.25) is 0 Å². The summed E-state index contributed by atoms with van der Waals surface area (Å²) in [4.78, 5) is 22.1. The SMILES string of the molecule is COC(CN)C(=O)Nc1cc(C)c([N+](=O)[O-])cc1C. The zero-order valence-corrected chi connectivity index (χ0v) is 11.1. The highest BCUT2D eigenvalue weighted by molar-refractivity contribution is 5.95. The number of hydrogen-bond donors (Lipinski definition) is 2. The van der Waals surface area contributed by atoms with E-state index in [1.165, 1.54) is 13.2 Å². The van der Waals surface area contributed by atoms with E-state index in [0.29, 0.717) is 16.8 Å². The zero-order valence-electron chi connectivity index (χ0n) is 11.1. The molecule has 1 unspecified atom stereocenters. The highest BCUT2D eigenvalue weighted by Gasteiger charge is 2.19. The lowest BCUT2D eigenvalue weighted by Crippen LogP contribution is -2.36. The summed E-state index contributed by atoms with van der Waals surface area (Å²) < 4.78 is 4.92. The number of hydrogen-bond acceptors (Lipinski definition) is 5. The number of benzene rings is 1. The summed E-state index contributed by atoms with van der Waals surface area (Å²) in [6, 6.07) is 2.99. The Morgan fingerprint density at radius 3 is 2.58 bits per heavy atom. The number of nitrogens with one attached hydrogen (secondary N) is 1. The van der Waals surface area contributed by atoms with Gasteiger partial charge in [-0.3, -0.25) is 14.9 Å². The second-order valence-corrected chi connectivity index (χ2v) is 4.16. The van der Waals surface area contributed by atoms with Gasteiger partial charge in [-0.1, -0.05) is 0 Å². The highest BCUT2D eigenvalue weighted by Crippen LogP contribution is 2.26. The van der Waals surface area contributed by atoms with Gasteiger partial charge >= 0.3 is 0 Å². The molecule has 3 N–H and O–H groups in total. The molecule has 1 aromatic carbocycles. The lowest BCUT2D eigenvalue weighted by atomic mass is 10.1. The first-order valence-corrected chi connectivity index (χ1v) is 5.70. The Kier molecular flexibility index (Phi) is 4.96. The number of nitrogens with zero attached hydrogens (tertiary/aromatic N) is 1. The van der Waals surface area contributed by atoms with Crippen molar-refractivity contribution >= 4 is 17.3 Å². The second-order valence-electron chi connectivity index (χ2n) is 4.16. The van der Waals surface area contributed by atoms with Crippen molar-refractivity contribution in [1.29, 1.82) is 0 Å². The fraction of sp³-hybridized carbons (Fsp3) is 0.417. The predicted molar refractivity (Wildman–Crippen MR) is 71.1 cm³/mol. The van der Waals surface area contributed by atoms with Crippen LogP contribution < -0.4 is 11.1 Å². The second kappa shape index (κ2) is 6.26. The maximum Gasteiger partial charge on any atom is 0.272 e. The van der Waals surface area contributed by atoms with E-state index in [2.05, 4.69) is 5.32 Å². The molecule has 0 spiro atoms. The van der Waals surface area contributed by atoms with Crippen LogP contribution in [0.5, 0.6) is 0 Å². The predicted octanol–water partition coefficient (Wildman–Crippen LogP) is 1.12. The largest absolute Gasteiger partial charge is 0.370 e. The molecule has 1 amide bonds. The van der Waals surface area contributed by atoms with E-state index in [-0.39, 0.29) is 18.1 Å². The van der Waals surface area contributed by atoms with Crippen LogP contribution in [0.4, 0.5) is 11.4 Å². The van der Waals surface area contributed by atoms with E-state index in [0.717, 1.165) is 0 Å². The summed E-state index contributed by atoms with van der Waals surface area (Å²) >= 11 is 0. The molecule has 7 heteroatoms.